The van der Waals surface area contributed by atoms with Gasteiger partial charge in [0.15, 0.2) is 9.84 Å². The molecule has 14 heteroatoms. The van der Waals surface area contributed by atoms with Crippen LogP contribution < -0.4 is 10.6 Å². The maximum atomic E-state index is 13.6. The summed E-state index contributed by atoms with van der Waals surface area (Å²) in [5.41, 5.74) is 5.13. The van der Waals surface area contributed by atoms with Crippen LogP contribution in [0, 0.1) is 10.8 Å². The van der Waals surface area contributed by atoms with Gasteiger partial charge in [-0.3, -0.25) is 0 Å². The molecular formula is C56H72N4O8S2. The Labute approximate surface area is 420 Å². The van der Waals surface area contributed by atoms with Crippen LogP contribution in [0.4, 0.5) is 21.0 Å². The normalized spacial score (nSPS) is 18.7. The van der Waals surface area contributed by atoms with E-state index < -0.39 is 15.8 Å². The molecule has 4 amide bonds. The molecule has 4 fully saturated rings. The summed E-state index contributed by atoms with van der Waals surface area (Å²) < 4.78 is 33.6. The maximum absolute atomic E-state index is 13.6. The summed E-state index contributed by atoms with van der Waals surface area (Å²) in [4.78, 5) is 55.9. The first-order valence-corrected chi connectivity index (χ1v) is 28.3. The number of esters is 2. The number of rotatable bonds is 12. The van der Waals surface area contributed by atoms with E-state index in [-0.39, 0.29) is 35.0 Å². The maximum Gasteiger partial charge on any atom is 0.337 e. The number of nitrogens with one attached hydrogen (secondary N) is 2. The van der Waals surface area contributed by atoms with E-state index in [0.29, 0.717) is 40.7 Å². The van der Waals surface area contributed by atoms with Crippen LogP contribution in [0.3, 0.4) is 0 Å². The molecular weight excluding hydrogens is 921 g/mol. The molecule has 0 aromatic heterocycles. The number of nitrogens with zero attached hydrogens (tertiary/aromatic N) is 2. The predicted octanol–water partition coefficient (Wildman–Crippen LogP) is 12.9. The van der Waals surface area contributed by atoms with E-state index in [0.717, 1.165) is 66.5 Å². The number of hydrogen-bond acceptors (Lipinski definition) is 9. The number of ether oxygens (including phenoxy) is 2. The molecule has 4 aromatic carbocycles. The second-order valence-electron chi connectivity index (χ2n) is 20.1. The van der Waals surface area contributed by atoms with Gasteiger partial charge < -0.3 is 29.9 Å². The van der Waals surface area contributed by atoms with Gasteiger partial charge in [-0.2, -0.15) is 0 Å². The summed E-state index contributed by atoms with van der Waals surface area (Å²) in [5.74, 6) is -0.744. The van der Waals surface area contributed by atoms with E-state index in [9.17, 15) is 27.6 Å². The summed E-state index contributed by atoms with van der Waals surface area (Å²) in [7, 11) is -0.646. The first-order valence-electron chi connectivity index (χ1n) is 25.1. The third-order valence-corrected chi connectivity index (χ3v) is 17.4. The molecule has 4 aliphatic rings. The average Bonchev–Trinajstić information content (AvgIpc) is 3.38. The van der Waals surface area contributed by atoms with Gasteiger partial charge in [0.25, 0.3) is 0 Å². The van der Waals surface area contributed by atoms with Crippen molar-refractivity contribution in [3.63, 3.8) is 0 Å². The highest BCUT2D eigenvalue weighted by Gasteiger charge is 2.40. The van der Waals surface area contributed by atoms with E-state index in [4.69, 9.17) is 9.47 Å². The van der Waals surface area contributed by atoms with Gasteiger partial charge in [-0.1, -0.05) is 74.9 Å². The summed E-state index contributed by atoms with van der Waals surface area (Å²) in [6, 6.07) is 28.9. The van der Waals surface area contributed by atoms with Gasteiger partial charge in [0, 0.05) is 47.7 Å². The lowest BCUT2D eigenvalue weighted by Crippen LogP contribution is -2.46. The number of urea groups is 2. The van der Waals surface area contributed by atoms with Gasteiger partial charge in [0.1, 0.15) is 0 Å². The lowest BCUT2D eigenvalue weighted by Gasteiger charge is -2.45. The Morgan fingerprint density at radius 3 is 1.36 bits per heavy atom. The Balaban J connectivity index is 0.000000207. The Bertz CT molecular complexity index is 2500. The van der Waals surface area contributed by atoms with Crippen molar-refractivity contribution in [1.82, 2.24) is 9.80 Å². The third kappa shape index (κ3) is 14.0. The van der Waals surface area contributed by atoms with Gasteiger partial charge in [-0.15, -0.1) is 11.8 Å². The quantitative estimate of drug-likeness (QED) is 0.104. The Hall–Kier alpha value is -5.34. The van der Waals surface area contributed by atoms with Crippen molar-refractivity contribution in [3.8, 4) is 0 Å². The second kappa shape index (κ2) is 24.2. The number of methoxy groups -OCH3 is 2. The molecule has 0 unspecified atom stereocenters. The van der Waals surface area contributed by atoms with Crippen LogP contribution in [0.2, 0.25) is 0 Å². The Morgan fingerprint density at radius 1 is 0.571 bits per heavy atom. The van der Waals surface area contributed by atoms with E-state index >= 15 is 0 Å². The van der Waals surface area contributed by atoms with E-state index in [2.05, 4.69) is 10.6 Å². The minimum absolute atomic E-state index is 0.0557. The van der Waals surface area contributed by atoms with E-state index in [1.807, 2.05) is 64.6 Å². The highest BCUT2D eigenvalue weighted by molar-refractivity contribution is 7.98. The van der Waals surface area contributed by atoms with Crippen molar-refractivity contribution in [3.05, 3.63) is 119 Å². The monoisotopic (exact) mass is 992 g/mol. The van der Waals surface area contributed by atoms with Crippen molar-refractivity contribution >= 4 is 57.0 Å². The highest BCUT2D eigenvalue weighted by atomic mass is 32.2. The van der Waals surface area contributed by atoms with E-state index in [1.54, 1.807) is 48.2 Å². The molecule has 8 rings (SSSR count). The van der Waals surface area contributed by atoms with Crippen molar-refractivity contribution in [1.29, 1.82) is 0 Å². The predicted molar refractivity (Wildman–Crippen MR) is 278 cm³/mol. The van der Waals surface area contributed by atoms with Gasteiger partial charge in [0.2, 0.25) is 0 Å². The fraction of sp³-hybridized carbons (Fsp3) is 0.500. The van der Waals surface area contributed by atoms with Crippen molar-refractivity contribution in [2.75, 3.05) is 37.4 Å². The van der Waals surface area contributed by atoms with Crippen LogP contribution in [0.15, 0.2) is 107 Å². The number of carbonyl (C=O) groups excluding carboxylic acids is 4. The molecule has 2 spiro atoms. The molecule has 4 aromatic rings. The zero-order valence-corrected chi connectivity index (χ0v) is 43.1. The van der Waals surface area contributed by atoms with E-state index in [1.165, 1.54) is 103 Å². The Kier molecular flexibility index (Phi) is 18.1. The molecule has 0 radical (unpaired) electrons. The summed E-state index contributed by atoms with van der Waals surface area (Å²) in [6.45, 7) is 0.921. The molecule has 70 heavy (non-hydrogen) atoms. The summed E-state index contributed by atoms with van der Waals surface area (Å²) >= 11 is 1.66. The summed E-state index contributed by atoms with van der Waals surface area (Å²) in [5, 5.41) is 6.07. The highest BCUT2D eigenvalue weighted by Crippen LogP contribution is 2.49. The van der Waals surface area contributed by atoms with Crippen molar-refractivity contribution in [2.24, 2.45) is 10.8 Å². The SMILES string of the molecule is COC(=O)c1ccc(CN(C(=O)Nc2cccc(S(C)(=O)=O)c2)C2CCC3(CCCCC3)CC2)cc1.COC(=O)c1ccc(CN(C(=O)Nc2cccc(SC)c2)C2CCC3(CCCCC3)CC2)cc1. The molecule has 0 bridgehead atoms. The lowest BCUT2D eigenvalue weighted by atomic mass is 9.64. The van der Waals surface area contributed by atoms with Crippen LogP contribution in [-0.2, 0) is 32.4 Å². The van der Waals surface area contributed by atoms with Gasteiger partial charge >= 0.3 is 24.0 Å². The van der Waals surface area contributed by atoms with Crippen LogP contribution >= 0.6 is 11.8 Å². The Morgan fingerprint density at radius 2 is 0.971 bits per heavy atom. The van der Waals surface area contributed by atoms with Gasteiger partial charge in [-0.05, 0) is 166 Å². The molecule has 0 saturated heterocycles. The zero-order valence-electron chi connectivity index (χ0n) is 41.5. The molecule has 376 valence electrons. The standard InChI is InChI=1S/C28H36N2O5S.C28H36N2O3S/c1-35-26(31)22-11-9-21(10-12-22)20-30(24-13-17-28(18-14-24)15-4-3-5-16-28)27(32)29-23-7-6-8-25(19-23)36(2,33)34;1-33-26(31)22-11-9-21(10-12-22)20-30(27(32)29-23-7-6-8-25(19-23)34-2)24-13-17-28(18-14-24)15-4-3-5-16-28/h6-12,19,24H,3-5,13-18,20H2,1-2H3,(H,29,32);6-12,19,24H,3-5,13-18,20H2,1-2H3,(H,29,32). The number of thioether (sulfide) groups is 1. The minimum Gasteiger partial charge on any atom is -0.465 e. The molecule has 12 nitrogen and oxygen atoms in total. The number of carbonyl (C=O) groups is 4. The third-order valence-electron chi connectivity index (χ3n) is 15.6. The summed E-state index contributed by atoms with van der Waals surface area (Å²) in [6.07, 6.45) is 25.2. The molecule has 4 saturated carbocycles. The van der Waals surface area contributed by atoms with Crippen LogP contribution in [0.5, 0.6) is 0 Å². The largest absolute Gasteiger partial charge is 0.465 e. The van der Waals surface area contributed by atoms with Crippen molar-refractivity contribution < 1.29 is 37.1 Å². The second-order valence-corrected chi connectivity index (χ2v) is 23.0. The van der Waals surface area contributed by atoms with Gasteiger partial charge in [-0.25, -0.2) is 27.6 Å². The number of benzene rings is 4. The first kappa shape index (κ1) is 52.5. The number of anilines is 2. The fourth-order valence-corrected chi connectivity index (χ4v) is 12.5. The minimum atomic E-state index is -3.38. The number of sulfone groups is 1. The topological polar surface area (TPSA) is 151 Å². The molecule has 2 N–H and O–H groups in total. The van der Waals surface area contributed by atoms with Crippen LogP contribution in [0.1, 0.15) is 147 Å². The molecule has 0 aliphatic heterocycles. The first-order chi connectivity index (χ1) is 33.7. The average molecular weight is 993 g/mol. The fourth-order valence-electron chi connectivity index (χ4n) is 11.4. The number of amides is 4. The molecule has 4 aliphatic carbocycles. The van der Waals surface area contributed by atoms with Crippen molar-refractivity contribution in [2.45, 2.75) is 151 Å². The zero-order chi connectivity index (χ0) is 49.7. The number of hydrogen-bond donors (Lipinski definition) is 2. The smallest absolute Gasteiger partial charge is 0.337 e. The molecule has 0 heterocycles. The van der Waals surface area contributed by atoms with Gasteiger partial charge in [0.05, 0.1) is 30.2 Å². The lowest BCUT2D eigenvalue weighted by molar-refractivity contribution is 0.0591. The molecule has 0 atom stereocenters. The van der Waals surface area contributed by atoms with Crippen LogP contribution in [0.25, 0.3) is 0 Å². The van der Waals surface area contributed by atoms with Crippen LogP contribution in [-0.4, -0.2) is 81.0 Å².